The van der Waals surface area contributed by atoms with Crippen molar-refractivity contribution in [2.24, 2.45) is 0 Å². The van der Waals surface area contributed by atoms with Crippen LogP contribution in [-0.2, 0) is 19.5 Å². The molecule has 168 valence electrons. The molecular weight excluding hydrogens is 435 g/mol. The molecular formula is C19H17F5N8. The summed E-state index contributed by atoms with van der Waals surface area (Å²) in [5, 5.41) is 11.8. The molecule has 32 heavy (non-hydrogen) atoms. The van der Waals surface area contributed by atoms with Gasteiger partial charge in [0.1, 0.15) is 12.1 Å². The molecule has 8 nitrogen and oxygen atoms in total. The van der Waals surface area contributed by atoms with Gasteiger partial charge in [-0.1, -0.05) is 6.08 Å². The Balaban J connectivity index is 1.37. The average molecular weight is 452 g/mol. The summed E-state index contributed by atoms with van der Waals surface area (Å²) < 4.78 is 67.4. The van der Waals surface area contributed by atoms with Gasteiger partial charge in [0, 0.05) is 37.5 Å². The fraction of sp³-hybridized carbons (Fsp3) is 0.368. The number of rotatable bonds is 4. The second-order valence-corrected chi connectivity index (χ2v) is 7.47. The first kappa shape index (κ1) is 20.5. The van der Waals surface area contributed by atoms with E-state index < -0.39 is 24.7 Å². The highest BCUT2D eigenvalue weighted by atomic mass is 19.4. The maximum Gasteiger partial charge on any atom is 0.414 e. The highest BCUT2D eigenvalue weighted by Crippen LogP contribution is 2.30. The molecule has 0 amide bonds. The fourth-order valence-corrected chi connectivity index (χ4v) is 3.77. The van der Waals surface area contributed by atoms with E-state index in [4.69, 9.17) is 0 Å². The molecule has 0 bridgehead atoms. The molecule has 3 aromatic heterocycles. The molecule has 0 aromatic carbocycles. The molecule has 2 aliphatic rings. The summed E-state index contributed by atoms with van der Waals surface area (Å²) >= 11 is 0. The van der Waals surface area contributed by atoms with Crippen LogP contribution in [0.4, 0.5) is 22.0 Å². The SMILES string of the molecule is FC(F)Cn1ncc2ncc(-n3cc4c(n3)CCN(N3C=CC=C(C(F)(F)F)C3)C4)nc21. The van der Waals surface area contributed by atoms with Crippen LogP contribution in [0.25, 0.3) is 17.0 Å². The Morgan fingerprint density at radius 3 is 2.75 bits per heavy atom. The standard InChI is InChI=1S/C19H17F5N8/c20-16(21)11-32-18-15(6-26-32)25-7-17(27-18)31-9-12-8-30(5-3-14(12)28-31)29-4-1-2-13(10-29)19(22,23)24/h1-2,4,6-7,9,16H,3,5,8,10-11H2. The molecule has 3 aromatic rings. The summed E-state index contributed by atoms with van der Waals surface area (Å²) in [6.07, 6.45) is 2.25. The lowest BCUT2D eigenvalue weighted by Gasteiger charge is -2.38. The van der Waals surface area contributed by atoms with E-state index in [1.165, 1.54) is 23.2 Å². The highest BCUT2D eigenvalue weighted by Gasteiger charge is 2.36. The van der Waals surface area contributed by atoms with Crippen LogP contribution >= 0.6 is 0 Å². The topological polar surface area (TPSA) is 67.9 Å². The van der Waals surface area contributed by atoms with Gasteiger partial charge in [0.25, 0.3) is 6.43 Å². The molecule has 0 N–H and O–H groups in total. The van der Waals surface area contributed by atoms with Gasteiger partial charge in [-0.3, -0.25) is 0 Å². The van der Waals surface area contributed by atoms with Crippen molar-refractivity contribution in [1.29, 1.82) is 0 Å². The molecule has 0 saturated carbocycles. The predicted octanol–water partition coefficient (Wildman–Crippen LogP) is 2.87. The zero-order valence-electron chi connectivity index (χ0n) is 16.5. The molecule has 0 spiro atoms. The third-order valence-electron chi connectivity index (χ3n) is 5.33. The Morgan fingerprint density at radius 1 is 1.12 bits per heavy atom. The Kier molecular flexibility index (Phi) is 4.92. The minimum atomic E-state index is -4.37. The Hall–Kier alpha value is -3.35. The molecule has 0 fully saturated rings. The van der Waals surface area contributed by atoms with E-state index >= 15 is 0 Å². The summed E-state index contributed by atoms with van der Waals surface area (Å²) in [5.41, 5.74) is 1.66. The van der Waals surface area contributed by atoms with Crippen molar-refractivity contribution in [2.45, 2.75) is 32.1 Å². The van der Waals surface area contributed by atoms with Crippen molar-refractivity contribution >= 4 is 11.2 Å². The van der Waals surface area contributed by atoms with Crippen molar-refractivity contribution < 1.29 is 22.0 Å². The van der Waals surface area contributed by atoms with Crippen LogP contribution in [0.3, 0.4) is 0 Å². The molecule has 0 aliphatic carbocycles. The van der Waals surface area contributed by atoms with Crippen LogP contribution in [0.1, 0.15) is 11.3 Å². The van der Waals surface area contributed by atoms with Gasteiger partial charge in [-0.05, 0) is 6.08 Å². The van der Waals surface area contributed by atoms with Gasteiger partial charge in [-0.25, -0.2) is 33.1 Å². The fourth-order valence-electron chi connectivity index (χ4n) is 3.77. The van der Waals surface area contributed by atoms with E-state index in [9.17, 15) is 22.0 Å². The van der Waals surface area contributed by atoms with Gasteiger partial charge < -0.3 is 5.01 Å². The number of hydrazine groups is 1. The van der Waals surface area contributed by atoms with Crippen LogP contribution < -0.4 is 0 Å². The molecule has 0 saturated heterocycles. The zero-order chi connectivity index (χ0) is 22.5. The second-order valence-electron chi connectivity index (χ2n) is 7.47. The van der Waals surface area contributed by atoms with Gasteiger partial charge in [0.15, 0.2) is 11.5 Å². The van der Waals surface area contributed by atoms with Crippen LogP contribution in [0.2, 0.25) is 0 Å². The molecule has 5 rings (SSSR count). The van der Waals surface area contributed by atoms with E-state index in [0.717, 1.165) is 22.0 Å². The van der Waals surface area contributed by atoms with Crippen molar-refractivity contribution in [3.05, 3.63) is 53.8 Å². The van der Waals surface area contributed by atoms with Crippen LogP contribution in [0.5, 0.6) is 0 Å². The first-order valence-corrected chi connectivity index (χ1v) is 9.78. The number of allylic oxidation sites excluding steroid dienone is 2. The Morgan fingerprint density at radius 2 is 1.97 bits per heavy atom. The molecule has 2 aliphatic heterocycles. The lowest BCUT2D eigenvalue weighted by Crippen LogP contribution is -2.45. The molecule has 0 unspecified atom stereocenters. The number of hydrogen-bond donors (Lipinski definition) is 0. The van der Waals surface area contributed by atoms with Crippen LogP contribution in [0, 0.1) is 0 Å². The quantitative estimate of drug-likeness (QED) is 0.568. The first-order chi connectivity index (χ1) is 15.3. The summed E-state index contributed by atoms with van der Waals surface area (Å²) in [6, 6.07) is 0. The van der Waals surface area contributed by atoms with Crippen molar-refractivity contribution in [3.8, 4) is 5.82 Å². The first-order valence-electron chi connectivity index (χ1n) is 9.78. The monoisotopic (exact) mass is 452 g/mol. The predicted molar refractivity (Wildman–Crippen MR) is 103 cm³/mol. The maximum atomic E-state index is 13.1. The largest absolute Gasteiger partial charge is 0.414 e. The number of hydrogen-bond acceptors (Lipinski definition) is 6. The lowest BCUT2D eigenvalue weighted by molar-refractivity contribution is -0.103. The molecule has 0 atom stereocenters. The number of halogens is 5. The van der Waals surface area contributed by atoms with E-state index in [2.05, 4.69) is 20.2 Å². The van der Waals surface area contributed by atoms with E-state index in [1.807, 2.05) is 5.01 Å². The molecule has 5 heterocycles. The normalized spacial score (nSPS) is 17.3. The smallest absolute Gasteiger partial charge is 0.308 e. The number of aromatic nitrogens is 6. The van der Waals surface area contributed by atoms with Crippen LogP contribution in [0.15, 0.2) is 42.5 Å². The Bertz CT molecular complexity index is 1210. The highest BCUT2D eigenvalue weighted by molar-refractivity contribution is 5.69. The van der Waals surface area contributed by atoms with Crippen molar-refractivity contribution in [3.63, 3.8) is 0 Å². The van der Waals surface area contributed by atoms with E-state index in [-0.39, 0.29) is 12.2 Å². The number of fused-ring (bicyclic) bond motifs is 2. The second kappa shape index (κ2) is 7.65. The summed E-state index contributed by atoms with van der Waals surface area (Å²) in [4.78, 5) is 8.60. The van der Waals surface area contributed by atoms with Gasteiger partial charge in [0.05, 0.1) is 30.2 Å². The summed E-state index contributed by atoms with van der Waals surface area (Å²) in [6.45, 7) is 0.0405. The minimum Gasteiger partial charge on any atom is -0.308 e. The average Bonchev–Trinajstić information content (AvgIpc) is 3.36. The van der Waals surface area contributed by atoms with Gasteiger partial charge in [0.2, 0.25) is 0 Å². The summed E-state index contributed by atoms with van der Waals surface area (Å²) in [7, 11) is 0. The minimum absolute atomic E-state index is 0.225. The third kappa shape index (κ3) is 3.83. The zero-order valence-corrected chi connectivity index (χ0v) is 16.5. The van der Waals surface area contributed by atoms with E-state index in [1.54, 1.807) is 17.4 Å². The van der Waals surface area contributed by atoms with Crippen LogP contribution in [-0.4, -0.2) is 65.2 Å². The third-order valence-corrected chi connectivity index (χ3v) is 5.33. The Labute approximate surface area is 178 Å². The molecule has 13 heteroatoms. The number of nitrogens with zero attached hydrogens (tertiary/aromatic N) is 8. The summed E-state index contributed by atoms with van der Waals surface area (Å²) in [5.74, 6) is 0.342. The van der Waals surface area contributed by atoms with E-state index in [0.29, 0.717) is 30.8 Å². The van der Waals surface area contributed by atoms with Gasteiger partial charge in [-0.2, -0.15) is 23.4 Å². The van der Waals surface area contributed by atoms with Gasteiger partial charge in [-0.15, -0.1) is 0 Å². The van der Waals surface area contributed by atoms with Gasteiger partial charge >= 0.3 is 6.18 Å². The van der Waals surface area contributed by atoms with Crippen molar-refractivity contribution in [2.75, 3.05) is 13.1 Å². The van der Waals surface area contributed by atoms with Crippen molar-refractivity contribution in [1.82, 2.24) is 39.5 Å². The lowest BCUT2D eigenvalue weighted by atomic mass is 10.1. The maximum absolute atomic E-state index is 13.1. The molecule has 0 radical (unpaired) electrons. The number of alkyl halides is 5.